The maximum Gasteiger partial charge on any atom is 0.352 e. The molecule has 19 heavy (non-hydrogen) atoms. The molecule has 0 amide bonds. The Morgan fingerprint density at radius 2 is 2.21 bits per heavy atom. The molecule has 0 aromatic carbocycles. The Hall–Kier alpha value is -2.41. The maximum absolute atomic E-state index is 11.9. The second-order valence-electron chi connectivity index (χ2n) is 4.01. The topological polar surface area (TPSA) is 76.6 Å². The zero-order valence-corrected chi connectivity index (χ0v) is 10.7. The molecule has 0 spiro atoms. The van der Waals surface area contributed by atoms with Gasteiger partial charge in [0.05, 0.1) is 4.88 Å². The molecular formula is C12H9N3O3S. The Morgan fingerprint density at radius 3 is 2.84 bits per heavy atom. The maximum atomic E-state index is 11.9. The normalized spacial score (nSPS) is 11.0. The van der Waals surface area contributed by atoms with E-state index >= 15 is 0 Å². The van der Waals surface area contributed by atoms with Gasteiger partial charge in [-0.05, 0) is 11.4 Å². The molecule has 1 N–H and O–H groups in total. The van der Waals surface area contributed by atoms with Gasteiger partial charge in [0.1, 0.15) is 17.0 Å². The first-order valence-corrected chi connectivity index (χ1v) is 6.33. The monoisotopic (exact) mass is 275 g/mol. The van der Waals surface area contributed by atoms with Gasteiger partial charge in [-0.3, -0.25) is 4.79 Å². The van der Waals surface area contributed by atoms with E-state index in [2.05, 4.69) is 5.10 Å². The van der Waals surface area contributed by atoms with Gasteiger partial charge < -0.3 is 9.67 Å². The van der Waals surface area contributed by atoms with Gasteiger partial charge in [-0.25, -0.2) is 4.79 Å². The third-order valence-electron chi connectivity index (χ3n) is 2.86. The lowest BCUT2D eigenvalue weighted by Gasteiger charge is -2.05. The lowest BCUT2D eigenvalue weighted by molar-refractivity contribution is 0.0685. The number of thiophene rings is 1. The van der Waals surface area contributed by atoms with Crippen LogP contribution >= 0.6 is 11.3 Å². The van der Waals surface area contributed by atoms with E-state index in [1.807, 2.05) is 17.5 Å². The van der Waals surface area contributed by atoms with E-state index in [4.69, 9.17) is 5.11 Å². The van der Waals surface area contributed by atoms with E-state index in [9.17, 15) is 9.59 Å². The van der Waals surface area contributed by atoms with Crippen molar-refractivity contribution in [3.05, 3.63) is 45.7 Å². The number of aromatic carboxylic acids is 1. The highest BCUT2D eigenvalue weighted by molar-refractivity contribution is 7.13. The molecule has 0 aliphatic rings. The summed E-state index contributed by atoms with van der Waals surface area (Å²) in [7, 11) is 1.60. The van der Waals surface area contributed by atoms with Crippen molar-refractivity contribution in [3.8, 4) is 10.6 Å². The van der Waals surface area contributed by atoms with Crippen molar-refractivity contribution in [1.29, 1.82) is 0 Å². The first-order chi connectivity index (χ1) is 9.08. The number of nitrogens with zero attached hydrogens (tertiary/aromatic N) is 3. The summed E-state index contributed by atoms with van der Waals surface area (Å²) in [6.45, 7) is 0. The second kappa shape index (κ2) is 4.06. The number of fused-ring (bicyclic) bond motifs is 1. The molecule has 0 aliphatic heterocycles. The third-order valence-corrected chi connectivity index (χ3v) is 3.75. The highest BCUT2D eigenvalue weighted by atomic mass is 32.1. The molecule has 3 aromatic rings. The van der Waals surface area contributed by atoms with E-state index in [-0.39, 0.29) is 5.69 Å². The van der Waals surface area contributed by atoms with Gasteiger partial charge in [-0.1, -0.05) is 6.07 Å². The Bertz CT molecular complexity index is 830. The van der Waals surface area contributed by atoms with Crippen LogP contribution in [-0.4, -0.2) is 25.3 Å². The van der Waals surface area contributed by atoms with Crippen molar-refractivity contribution in [3.63, 3.8) is 0 Å². The van der Waals surface area contributed by atoms with Crippen LogP contribution in [-0.2, 0) is 7.05 Å². The van der Waals surface area contributed by atoms with Crippen molar-refractivity contribution in [1.82, 2.24) is 14.2 Å². The van der Waals surface area contributed by atoms with Gasteiger partial charge >= 0.3 is 5.97 Å². The van der Waals surface area contributed by atoms with Crippen LogP contribution in [0.2, 0.25) is 0 Å². The highest BCUT2D eigenvalue weighted by Gasteiger charge is 2.15. The lowest BCUT2D eigenvalue weighted by Crippen LogP contribution is -2.21. The molecule has 3 heterocycles. The average molecular weight is 275 g/mol. The summed E-state index contributed by atoms with van der Waals surface area (Å²) in [5.41, 5.74) is 0.599. The molecule has 3 aromatic heterocycles. The number of carboxylic acid groups (broad SMARTS) is 1. The fourth-order valence-corrected chi connectivity index (χ4v) is 2.60. The molecule has 6 nitrogen and oxygen atoms in total. The minimum absolute atomic E-state index is 0.0601. The number of carbonyl (C=O) groups is 1. The number of carboxylic acids is 1. The summed E-state index contributed by atoms with van der Waals surface area (Å²) in [4.78, 5) is 23.9. The van der Waals surface area contributed by atoms with Crippen LogP contribution in [0.15, 0.2) is 34.4 Å². The first kappa shape index (κ1) is 11.7. The van der Waals surface area contributed by atoms with E-state index in [1.165, 1.54) is 20.4 Å². The summed E-state index contributed by atoms with van der Waals surface area (Å²) in [5.74, 6) is -1.14. The van der Waals surface area contributed by atoms with Crippen molar-refractivity contribution in [2.75, 3.05) is 0 Å². The van der Waals surface area contributed by atoms with E-state index in [1.54, 1.807) is 13.1 Å². The summed E-state index contributed by atoms with van der Waals surface area (Å²) in [6.07, 6.45) is 0. The van der Waals surface area contributed by atoms with Crippen LogP contribution in [0.4, 0.5) is 0 Å². The van der Waals surface area contributed by atoms with Crippen molar-refractivity contribution in [2.24, 2.45) is 7.05 Å². The Kier molecular flexibility index (Phi) is 2.49. The zero-order valence-electron chi connectivity index (χ0n) is 9.90. The number of hydrogen-bond donors (Lipinski definition) is 1. The minimum atomic E-state index is -1.14. The molecule has 3 rings (SSSR count). The molecule has 0 saturated heterocycles. The number of aromatic nitrogens is 3. The SMILES string of the molecule is Cn1c(C(=O)O)cc(=O)n2nc(-c3cccs3)cc12. The van der Waals surface area contributed by atoms with Crippen LogP contribution in [0.1, 0.15) is 10.5 Å². The summed E-state index contributed by atoms with van der Waals surface area (Å²) >= 11 is 1.51. The molecule has 0 fully saturated rings. The van der Waals surface area contributed by atoms with E-state index in [0.717, 1.165) is 10.9 Å². The standard InChI is InChI=1S/C12H9N3O3S/c1-14-8(12(17)18)6-11(16)15-10(14)5-7(13-15)9-3-2-4-19-9/h2-6H,1H3,(H,17,18). The van der Waals surface area contributed by atoms with Crippen LogP contribution in [0.3, 0.4) is 0 Å². The van der Waals surface area contributed by atoms with Crippen molar-refractivity contribution >= 4 is 23.0 Å². The van der Waals surface area contributed by atoms with Gasteiger partial charge in [0.15, 0.2) is 0 Å². The minimum Gasteiger partial charge on any atom is -0.477 e. The number of rotatable bonds is 2. The van der Waals surface area contributed by atoms with Crippen LogP contribution in [0, 0.1) is 0 Å². The molecule has 0 aliphatic carbocycles. The quantitative estimate of drug-likeness (QED) is 0.768. The summed E-state index contributed by atoms with van der Waals surface area (Å²) < 4.78 is 2.65. The van der Waals surface area contributed by atoms with Gasteiger partial charge in [0.25, 0.3) is 5.56 Å². The number of hydrogen-bond acceptors (Lipinski definition) is 4. The lowest BCUT2D eigenvalue weighted by atomic mass is 10.3. The third kappa shape index (κ3) is 1.75. The van der Waals surface area contributed by atoms with Gasteiger partial charge in [-0.15, -0.1) is 11.3 Å². The summed E-state index contributed by atoms with van der Waals surface area (Å²) in [6, 6.07) is 6.57. The van der Waals surface area contributed by atoms with Crippen LogP contribution in [0.25, 0.3) is 16.2 Å². The van der Waals surface area contributed by atoms with Gasteiger partial charge in [-0.2, -0.15) is 9.61 Å². The Morgan fingerprint density at radius 1 is 1.42 bits per heavy atom. The average Bonchev–Trinajstić information content (AvgIpc) is 3.00. The molecule has 0 unspecified atom stereocenters. The van der Waals surface area contributed by atoms with Gasteiger partial charge in [0, 0.05) is 19.2 Å². The zero-order chi connectivity index (χ0) is 13.6. The largest absolute Gasteiger partial charge is 0.477 e. The molecule has 0 saturated carbocycles. The fraction of sp³-hybridized carbons (Fsp3) is 0.0833. The summed E-state index contributed by atoms with van der Waals surface area (Å²) in [5, 5.41) is 15.2. The Balaban J connectivity index is 2.34. The van der Waals surface area contributed by atoms with Crippen LogP contribution in [0.5, 0.6) is 0 Å². The first-order valence-electron chi connectivity index (χ1n) is 5.45. The van der Waals surface area contributed by atoms with Crippen molar-refractivity contribution in [2.45, 2.75) is 0 Å². The molecule has 7 heteroatoms. The number of aryl methyl sites for hydroxylation is 1. The Labute approximate surface area is 111 Å². The predicted molar refractivity (Wildman–Crippen MR) is 70.7 cm³/mol. The molecule has 0 bridgehead atoms. The highest BCUT2D eigenvalue weighted by Crippen LogP contribution is 2.23. The fourth-order valence-electron chi connectivity index (χ4n) is 1.92. The molecule has 0 atom stereocenters. The molecular weight excluding hydrogens is 266 g/mol. The second-order valence-corrected chi connectivity index (χ2v) is 4.96. The molecule has 0 radical (unpaired) electrons. The van der Waals surface area contributed by atoms with E-state index in [0.29, 0.717) is 11.3 Å². The predicted octanol–water partition coefficient (Wildman–Crippen LogP) is 1.46. The van der Waals surface area contributed by atoms with Crippen LogP contribution < -0.4 is 5.56 Å². The van der Waals surface area contributed by atoms with Gasteiger partial charge in [0.2, 0.25) is 0 Å². The smallest absolute Gasteiger partial charge is 0.352 e. The van der Waals surface area contributed by atoms with E-state index < -0.39 is 11.5 Å². The van der Waals surface area contributed by atoms with Crippen molar-refractivity contribution < 1.29 is 9.90 Å². The molecule has 96 valence electrons.